The molecule has 0 unspecified atom stereocenters. The summed E-state index contributed by atoms with van der Waals surface area (Å²) in [6, 6.07) is 2.71. The van der Waals surface area contributed by atoms with E-state index in [1.165, 1.54) is 12.1 Å². The van der Waals surface area contributed by atoms with Crippen LogP contribution in [0.2, 0.25) is 0 Å². The van der Waals surface area contributed by atoms with Gasteiger partial charge >= 0.3 is 0 Å². The third kappa shape index (κ3) is 3.54. The van der Waals surface area contributed by atoms with E-state index in [1.54, 1.807) is 6.92 Å². The normalized spacial score (nSPS) is 16.8. The third-order valence-corrected chi connectivity index (χ3v) is 5.78. The Balaban J connectivity index is 2.30. The maximum Gasteiger partial charge on any atom is 0.261 e. The molecular formula is C13H15BrClNO3S. The topological polar surface area (TPSA) is 63.2 Å². The van der Waals surface area contributed by atoms with E-state index < -0.39 is 9.05 Å². The van der Waals surface area contributed by atoms with Crippen molar-refractivity contribution in [1.29, 1.82) is 0 Å². The molecule has 0 aliphatic heterocycles. The predicted octanol–water partition coefficient (Wildman–Crippen LogP) is 3.21. The number of hydrogen-bond donors (Lipinski definition) is 1. The summed E-state index contributed by atoms with van der Waals surface area (Å²) >= 11 is 3.26. The Morgan fingerprint density at radius 2 is 2.05 bits per heavy atom. The van der Waals surface area contributed by atoms with Crippen LogP contribution in [0.5, 0.6) is 0 Å². The van der Waals surface area contributed by atoms with Crippen LogP contribution in [0, 0.1) is 12.3 Å². The zero-order valence-electron chi connectivity index (χ0n) is 11.2. The van der Waals surface area contributed by atoms with Crippen LogP contribution < -0.4 is 5.32 Å². The minimum absolute atomic E-state index is 0.0839. The van der Waals surface area contributed by atoms with Gasteiger partial charge in [-0.15, -0.1) is 0 Å². The molecule has 110 valence electrons. The van der Waals surface area contributed by atoms with Gasteiger partial charge in [-0.05, 0) is 42.9 Å². The molecule has 0 aromatic heterocycles. The molecule has 4 nitrogen and oxygen atoms in total. The van der Waals surface area contributed by atoms with Crippen LogP contribution in [0.4, 0.5) is 0 Å². The van der Waals surface area contributed by atoms with E-state index in [1.807, 2.05) is 0 Å². The van der Waals surface area contributed by atoms with Crippen molar-refractivity contribution in [3.63, 3.8) is 0 Å². The minimum Gasteiger partial charge on any atom is -0.351 e. The number of carbonyl (C=O) groups is 1. The van der Waals surface area contributed by atoms with Crippen molar-refractivity contribution in [3.8, 4) is 0 Å². The highest BCUT2D eigenvalue weighted by molar-refractivity contribution is 9.10. The second-order valence-corrected chi connectivity index (χ2v) is 8.93. The first-order chi connectivity index (χ1) is 9.12. The molecule has 20 heavy (non-hydrogen) atoms. The van der Waals surface area contributed by atoms with Crippen LogP contribution in [0.1, 0.15) is 35.7 Å². The van der Waals surface area contributed by atoms with Gasteiger partial charge in [0.05, 0.1) is 4.90 Å². The van der Waals surface area contributed by atoms with Crippen LogP contribution in [0.15, 0.2) is 21.5 Å². The fraction of sp³-hybridized carbons (Fsp3) is 0.462. The average molecular weight is 381 g/mol. The Morgan fingerprint density at radius 1 is 1.45 bits per heavy atom. The summed E-state index contributed by atoms with van der Waals surface area (Å²) in [5, 5.41) is 2.85. The molecule has 1 saturated carbocycles. The van der Waals surface area contributed by atoms with Gasteiger partial charge in [0.1, 0.15) is 0 Å². The van der Waals surface area contributed by atoms with Gasteiger partial charge in [0.25, 0.3) is 15.0 Å². The van der Waals surface area contributed by atoms with Gasteiger partial charge in [0.2, 0.25) is 0 Å². The van der Waals surface area contributed by atoms with E-state index in [2.05, 4.69) is 28.2 Å². The molecule has 1 aliphatic rings. The summed E-state index contributed by atoms with van der Waals surface area (Å²) in [7, 11) is 1.47. The van der Waals surface area contributed by atoms with Gasteiger partial charge in [-0.25, -0.2) is 8.42 Å². The molecule has 1 N–H and O–H groups in total. The highest BCUT2D eigenvalue weighted by atomic mass is 79.9. The van der Waals surface area contributed by atoms with E-state index in [0.29, 0.717) is 22.1 Å². The first kappa shape index (κ1) is 15.8. The zero-order chi connectivity index (χ0) is 15.1. The number of nitrogens with one attached hydrogen (secondary N) is 1. The second-order valence-electron chi connectivity index (χ2n) is 5.51. The Labute approximate surface area is 131 Å². The quantitative estimate of drug-likeness (QED) is 0.816. The molecule has 1 aliphatic carbocycles. The molecule has 1 fully saturated rings. The molecule has 2 rings (SSSR count). The lowest BCUT2D eigenvalue weighted by atomic mass is 10.1. The van der Waals surface area contributed by atoms with Crippen LogP contribution in [0.25, 0.3) is 0 Å². The number of rotatable bonds is 4. The predicted molar refractivity (Wildman–Crippen MR) is 81.6 cm³/mol. The first-order valence-corrected chi connectivity index (χ1v) is 9.26. The number of carbonyl (C=O) groups excluding carboxylic acids is 1. The molecule has 7 heteroatoms. The lowest BCUT2D eigenvalue weighted by Crippen LogP contribution is -2.29. The number of amides is 1. The van der Waals surface area contributed by atoms with E-state index in [4.69, 9.17) is 10.7 Å². The average Bonchev–Trinajstić information content (AvgIpc) is 3.07. The molecule has 0 radical (unpaired) electrons. The molecule has 0 saturated heterocycles. The molecule has 0 atom stereocenters. The summed E-state index contributed by atoms with van der Waals surface area (Å²) in [6.45, 7) is 4.46. The highest BCUT2D eigenvalue weighted by Crippen LogP contribution is 2.44. The Kier molecular flexibility index (Phi) is 4.19. The summed E-state index contributed by atoms with van der Waals surface area (Å²) in [4.78, 5) is 12.1. The van der Waals surface area contributed by atoms with Crippen LogP contribution in [-0.4, -0.2) is 20.9 Å². The maximum absolute atomic E-state index is 12.2. The van der Waals surface area contributed by atoms with E-state index >= 15 is 0 Å². The van der Waals surface area contributed by atoms with Crippen molar-refractivity contribution in [2.24, 2.45) is 5.41 Å². The highest BCUT2D eigenvalue weighted by Gasteiger charge is 2.37. The van der Waals surface area contributed by atoms with Crippen molar-refractivity contribution < 1.29 is 13.2 Å². The molecule has 1 aromatic rings. The first-order valence-electron chi connectivity index (χ1n) is 6.15. The van der Waals surface area contributed by atoms with E-state index in [-0.39, 0.29) is 16.2 Å². The monoisotopic (exact) mass is 379 g/mol. The minimum atomic E-state index is -3.87. The third-order valence-electron chi connectivity index (χ3n) is 3.62. The largest absolute Gasteiger partial charge is 0.351 e. The Bertz CT molecular complexity index is 668. The van der Waals surface area contributed by atoms with E-state index in [9.17, 15) is 13.2 Å². The molecule has 0 heterocycles. The molecule has 1 aromatic carbocycles. The van der Waals surface area contributed by atoms with Gasteiger partial charge in [0.15, 0.2) is 0 Å². The van der Waals surface area contributed by atoms with Crippen molar-refractivity contribution in [2.75, 3.05) is 6.54 Å². The lowest BCUT2D eigenvalue weighted by molar-refractivity contribution is 0.0945. The fourth-order valence-corrected chi connectivity index (χ4v) is 3.21. The summed E-state index contributed by atoms with van der Waals surface area (Å²) in [6.07, 6.45) is 2.21. The zero-order valence-corrected chi connectivity index (χ0v) is 14.3. The summed E-state index contributed by atoms with van der Waals surface area (Å²) in [5.74, 6) is -0.279. The maximum atomic E-state index is 12.2. The standard InChI is InChI=1S/C13H15BrClNO3S/c1-8-10(12(17)16-7-13(2)3-4-13)5-9(6-11(8)14)20(15,18)19/h5-6H,3-4,7H2,1-2H3,(H,16,17). The van der Waals surface area contributed by atoms with Gasteiger partial charge in [0, 0.05) is 27.3 Å². The number of halogens is 2. The number of hydrogen-bond acceptors (Lipinski definition) is 3. The SMILES string of the molecule is Cc1c(Br)cc(S(=O)(=O)Cl)cc1C(=O)NCC1(C)CC1. The molecule has 0 bridgehead atoms. The Morgan fingerprint density at radius 3 is 2.55 bits per heavy atom. The van der Waals surface area contributed by atoms with Crippen LogP contribution in [-0.2, 0) is 9.05 Å². The van der Waals surface area contributed by atoms with Gasteiger partial charge in [-0.3, -0.25) is 4.79 Å². The molecule has 1 amide bonds. The van der Waals surface area contributed by atoms with Gasteiger partial charge in [-0.2, -0.15) is 0 Å². The lowest BCUT2D eigenvalue weighted by Gasteiger charge is -2.13. The fourth-order valence-electron chi connectivity index (χ4n) is 1.81. The second kappa shape index (κ2) is 5.31. The van der Waals surface area contributed by atoms with Crippen molar-refractivity contribution >= 4 is 41.6 Å². The molecular weight excluding hydrogens is 366 g/mol. The van der Waals surface area contributed by atoms with Gasteiger partial charge in [-0.1, -0.05) is 22.9 Å². The summed E-state index contributed by atoms with van der Waals surface area (Å²) < 4.78 is 23.4. The number of benzene rings is 1. The van der Waals surface area contributed by atoms with E-state index in [0.717, 1.165) is 12.8 Å². The van der Waals surface area contributed by atoms with Crippen molar-refractivity contribution in [1.82, 2.24) is 5.32 Å². The van der Waals surface area contributed by atoms with Crippen molar-refractivity contribution in [3.05, 3.63) is 27.7 Å². The van der Waals surface area contributed by atoms with Gasteiger partial charge < -0.3 is 5.32 Å². The smallest absolute Gasteiger partial charge is 0.261 e. The van der Waals surface area contributed by atoms with Crippen molar-refractivity contribution in [2.45, 2.75) is 31.6 Å². The summed E-state index contributed by atoms with van der Waals surface area (Å²) in [5.41, 5.74) is 1.20. The molecule has 0 spiro atoms. The Hall–Kier alpha value is -0.590. The van der Waals surface area contributed by atoms with Crippen LogP contribution >= 0.6 is 26.6 Å². The van der Waals surface area contributed by atoms with Crippen LogP contribution in [0.3, 0.4) is 0 Å².